The molecule has 0 aliphatic carbocycles. The summed E-state index contributed by atoms with van der Waals surface area (Å²) in [4.78, 5) is 25.9. The van der Waals surface area contributed by atoms with E-state index in [0.717, 1.165) is 22.9 Å². The molecule has 1 aromatic carbocycles. The Kier molecular flexibility index (Phi) is 5.16. The first kappa shape index (κ1) is 17.8. The second-order valence-electron chi connectivity index (χ2n) is 5.46. The van der Waals surface area contributed by atoms with Gasteiger partial charge in [0.2, 0.25) is 5.91 Å². The number of hydrogen-bond donors (Lipinski definition) is 3. The minimum absolute atomic E-state index is 0.200. The molecule has 1 atom stereocenters. The molecule has 0 saturated carbocycles. The van der Waals surface area contributed by atoms with Gasteiger partial charge in [0.1, 0.15) is 6.04 Å². The number of carboxylic acids is 1. The number of carbonyl (C=O) groups excluding carboxylic acids is 1. The van der Waals surface area contributed by atoms with Crippen LogP contribution in [-0.2, 0) is 22.4 Å². The first-order valence-corrected chi connectivity index (χ1v) is 7.38. The summed E-state index contributed by atoms with van der Waals surface area (Å²) in [5.74, 6) is -2.48. The zero-order chi connectivity index (χ0) is 17.9. The molecule has 1 heterocycles. The van der Waals surface area contributed by atoms with Crippen LogP contribution in [0.4, 0.5) is 13.2 Å². The van der Waals surface area contributed by atoms with Gasteiger partial charge >= 0.3 is 12.1 Å². The molecule has 5 nitrogen and oxygen atoms in total. The highest BCUT2D eigenvalue weighted by Gasteiger charge is 2.36. The van der Waals surface area contributed by atoms with Gasteiger partial charge in [0.15, 0.2) is 0 Å². The van der Waals surface area contributed by atoms with Crippen LogP contribution in [0.2, 0.25) is 0 Å². The molecule has 0 radical (unpaired) electrons. The van der Waals surface area contributed by atoms with Gasteiger partial charge in [-0.2, -0.15) is 13.2 Å². The lowest BCUT2D eigenvalue weighted by Gasteiger charge is -2.16. The largest absolute Gasteiger partial charge is 0.480 e. The predicted molar refractivity (Wildman–Crippen MR) is 81.6 cm³/mol. The number of aromatic nitrogens is 1. The molecule has 2 rings (SSSR count). The van der Waals surface area contributed by atoms with Crippen molar-refractivity contribution in [3.8, 4) is 0 Å². The minimum atomic E-state index is -4.67. The first-order chi connectivity index (χ1) is 11.2. The van der Waals surface area contributed by atoms with Crippen LogP contribution in [0, 0.1) is 0 Å². The van der Waals surface area contributed by atoms with E-state index >= 15 is 0 Å². The van der Waals surface area contributed by atoms with Gasteiger partial charge in [-0.05, 0) is 17.5 Å². The number of halogens is 3. The summed E-state index contributed by atoms with van der Waals surface area (Å²) >= 11 is 0. The number of hydrogen-bond acceptors (Lipinski definition) is 2. The molecule has 1 unspecified atom stereocenters. The third kappa shape index (κ3) is 4.27. The van der Waals surface area contributed by atoms with E-state index in [1.54, 1.807) is 12.3 Å². The third-order valence-electron chi connectivity index (χ3n) is 3.69. The highest BCUT2D eigenvalue weighted by Crippen LogP contribution is 2.24. The molecular formula is C16H17F3N2O3. The molecular weight excluding hydrogens is 325 g/mol. The lowest BCUT2D eigenvalue weighted by Crippen LogP contribution is -2.44. The van der Waals surface area contributed by atoms with E-state index in [9.17, 15) is 22.8 Å². The van der Waals surface area contributed by atoms with E-state index in [2.05, 4.69) is 4.98 Å². The summed E-state index contributed by atoms with van der Waals surface area (Å²) in [7, 11) is 0. The minimum Gasteiger partial charge on any atom is -0.480 e. The van der Waals surface area contributed by atoms with Crippen molar-refractivity contribution in [2.45, 2.75) is 38.4 Å². The van der Waals surface area contributed by atoms with Crippen molar-refractivity contribution in [2.75, 3.05) is 0 Å². The predicted octanol–water partition coefficient (Wildman–Crippen LogP) is 2.79. The van der Waals surface area contributed by atoms with Gasteiger partial charge in [-0.25, -0.2) is 4.79 Å². The fourth-order valence-corrected chi connectivity index (χ4v) is 2.57. The number of aliphatic carboxylic acids is 1. The average Bonchev–Trinajstić information content (AvgIpc) is 2.88. The Morgan fingerprint density at radius 2 is 2.00 bits per heavy atom. The summed E-state index contributed by atoms with van der Waals surface area (Å²) in [6.07, 6.45) is -4.08. The number of aryl methyl sites for hydroxylation is 1. The fraction of sp³-hybridized carbons (Fsp3) is 0.375. The number of para-hydroxylation sites is 1. The van der Waals surface area contributed by atoms with Gasteiger partial charge in [-0.15, -0.1) is 0 Å². The number of aromatic amines is 1. The van der Waals surface area contributed by atoms with Gasteiger partial charge < -0.3 is 15.4 Å². The van der Waals surface area contributed by atoms with Crippen molar-refractivity contribution in [3.63, 3.8) is 0 Å². The van der Waals surface area contributed by atoms with Crippen LogP contribution in [0.25, 0.3) is 10.9 Å². The second kappa shape index (κ2) is 6.94. The SMILES string of the molecule is CCc1cccc2c(CC(=O)NC(CC(F)(F)F)C(=O)O)c[nH]c12. The Labute approximate surface area is 135 Å². The first-order valence-electron chi connectivity index (χ1n) is 7.38. The fourth-order valence-electron chi connectivity index (χ4n) is 2.57. The number of alkyl halides is 3. The Balaban J connectivity index is 2.13. The maximum atomic E-state index is 12.4. The summed E-state index contributed by atoms with van der Waals surface area (Å²) in [6, 6.07) is 3.58. The summed E-state index contributed by atoms with van der Waals surface area (Å²) in [6.45, 7) is 1.98. The number of H-pyrrole nitrogens is 1. The average molecular weight is 342 g/mol. The van der Waals surface area contributed by atoms with Crippen molar-refractivity contribution in [3.05, 3.63) is 35.5 Å². The smallest absolute Gasteiger partial charge is 0.391 e. The van der Waals surface area contributed by atoms with Crippen LogP contribution in [-0.4, -0.2) is 34.2 Å². The molecule has 0 bridgehead atoms. The molecule has 3 N–H and O–H groups in total. The summed E-state index contributed by atoms with van der Waals surface area (Å²) in [5.41, 5.74) is 2.53. The van der Waals surface area contributed by atoms with E-state index in [4.69, 9.17) is 5.11 Å². The van der Waals surface area contributed by atoms with E-state index in [1.165, 1.54) is 0 Å². The number of rotatable bonds is 6. The normalized spacial score (nSPS) is 13.0. The van der Waals surface area contributed by atoms with Crippen molar-refractivity contribution < 1.29 is 27.9 Å². The molecule has 24 heavy (non-hydrogen) atoms. The number of amides is 1. The summed E-state index contributed by atoms with van der Waals surface area (Å²) < 4.78 is 37.1. The van der Waals surface area contributed by atoms with Gasteiger partial charge in [0.25, 0.3) is 0 Å². The molecule has 2 aromatic rings. The highest BCUT2D eigenvalue weighted by molar-refractivity contribution is 5.91. The van der Waals surface area contributed by atoms with Crippen molar-refractivity contribution >= 4 is 22.8 Å². The molecule has 0 spiro atoms. The Hall–Kier alpha value is -2.51. The van der Waals surface area contributed by atoms with Crippen LogP contribution in [0.3, 0.4) is 0 Å². The van der Waals surface area contributed by atoms with Crippen LogP contribution in [0.1, 0.15) is 24.5 Å². The highest BCUT2D eigenvalue weighted by atomic mass is 19.4. The van der Waals surface area contributed by atoms with Gasteiger partial charge in [-0.3, -0.25) is 4.79 Å². The van der Waals surface area contributed by atoms with E-state index in [1.807, 2.05) is 24.4 Å². The quantitative estimate of drug-likeness (QED) is 0.755. The van der Waals surface area contributed by atoms with Crippen molar-refractivity contribution in [2.24, 2.45) is 0 Å². The molecule has 8 heteroatoms. The maximum absolute atomic E-state index is 12.4. The number of carboxylic acid groups (broad SMARTS) is 1. The van der Waals surface area contributed by atoms with Gasteiger partial charge in [0, 0.05) is 17.1 Å². The van der Waals surface area contributed by atoms with Gasteiger partial charge in [0.05, 0.1) is 12.8 Å². The van der Waals surface area contributed by atoms with Crippen LogP contribution >= 0.6 is 0 Å². The van der Waals surface area contributed by atoms with Gasteiger partial charge in [-0.1, -0.05) is 25.1 Å². The van der Waals surface area contributed by atoms with E-state index < -0.39 is 30.5 Å². The molecule has 130 valence electrons. The molecule has 0 saturated heterocycles. The zero-order valence-corrected chi connectivity index (χ0v) is 12.9. The standard InChI is InChI=1S/C16H17F3N2O3/c1-2-9-4-3-5-11-10(8-20-14(9)11)6-13(22)21-12(15(23)24)7-16(17,18)19/h3-5,8,12,20H,2,6-7H2,1H3,(H,21,22)(H,23,24). The summed E-state index contributed by atoms with van der Waals surface area (Å²) in [5, 5.41) is 11.6. The topological polar surface area (TPSA) is 82.2 Å². The number of carbonyl (C=O) groups is 2. The second-order valence-corrected chi connectivity index (χ2v) is 5.46. The van der Waals surface area contributed by atoms with Crippen LogP contribution in [0.5, 0.6) is 0 Å². The Morgan fingerprint density at radius 1 is 1.29 bits per heavy atom. The van der Waals surface area contributed by atoms with Crippen LogP contribution in [0.15, 0.2) is 24.4 Å². The third-order valence-corrected chi connectivity index (χ3v) is 3.69. The van der Waals surface area contributed by atoms with E-state index in [-0.39, 0.29) is 6.42 Å². The Bertz CT molecular complexity index is 753. The Morgan fingerprint density at radius 3 is 2.58 bits per heavy atom. The molecule has 0 fully saturated rings. The van der Waals surface area contributed by atoms with Crippen molar-refractivity contribution in [1.29, 1.82) is 0 Å². The number of nitrogens with one attached hydrogen (secondary N) is 2. The molecule has 0 aliphatic rings. The zero-order valence-electron chi connectivity index (χ0n) is 12.9. The van der Waals surface area contributed by atoms with E-state index in [0.29, 0.717) is 5.56 Å². The number of benzene rings is 1. The maximum Gasteiger partial charge on any atom is 0.391 e. The lowest BCUT2D eigenvalue weighted by atomic mass is 10.1. The van der Waals surface area contributed by atoms with Crippen LogP contribution < -0.4 is 5.32 Å². The molecule has 1 amide bonds. The lowest BCUT2D eigenvalue weighted by molar-refractivity contribution is -0.159. The number of fused-ring (bicyclic) bond motifs is 1. The molecule has 0 aliphatic heterocycles. The monoisotopic (exact) mass is 342 g/mol. The molecule has 1 aromatic heterocycles. The van der Waals surface area contributed by atoms with Crippen molar-refractivity contribution in [1.82, 2.24) is 10.3 Å².